The van der Waals surface area contributed by atoms with Crippen LogP contribution in [-0.2, 0) is 0 Å². The molecule has 16 rings (SSSR count). The molecule has 2 nitrogen and oxygen atoms in total. The Morgan fingerprint density at radius 2 is 0.523 bits per heavy atom. The van der Waals surface area contributed by atoms with Crippen molar-refractivity contribution in [2.45, 2.75) is 27.7 Å². The number of anilines is 6. The Balaban J connectivity index is 0.000000150. The summed E-state index contributed by atoms with van der Waals surface area (Å²) in [5.74, 6) is 0. The molecule has 0 unspecified atom stereocenters. The molecular formula is C86H64N2. The van der Waals surface area contributed by atoms with E-state index >= 15 is 0 Å². The van der Waals surface area contributed by atoms with Crippen molar-refractivity contribution >= 4 is 110 Å². The lowest BCUT2D eigenvalue weighted by Crippen LogP contribution is -2.12. The summed E-state index contributed by atoms with van der Waals surface area (Å²) in [6, 6.07) is 116. The highest BCUT2D eigenvalue weighted by Crippen LogP contribution is 2.49. The number of aryl methyl sites for hydroxylation is 4. The first-order valence-electron chi connectivity index (χ1n) is 30.5. The minimum Gasteiger partial charge on any atom is -0.310 e. The molecule has 0 heterocycles. The smallest absolute Gasteiger partial charge is 0.0546 e. The third-order valence-corrected chi connectivity index (χ3v) is 17.7. The Morgan fingerprint density at radius 1 is 0.193 bits per heavy atom. The topological polar surface area (TPSA) is 6.48 Å². The van der Waals surface area contributed by atoms with Crippen LogP contribution in [0.15, 0.2) is 315 Å². The molecule has 0 N–H and O–H groups in total. The summed E-state index contributed by atoms with van der Waals surface area (Å²) in [5.41, 5.74) is 19.5. The Morgan fingerprint density at radius 3 is 0.966 bits per heavy atom. The van der Waals surface area contributed by atoms with Gasteiger partial charge in [-0.3, -0.25) is 0 Å². The molecular weight excluding hydrogens is 1060 g/mol. The van der Waals surface area contributed by atoms with Gasteiger partial charge in [0.15, 0.2) is 0 Å². The van der Waals surface area contributed by atoms with E-state index in [4.69, 9.17) is 0 Å². The van der Waals surface area contributed by atoms with Crippen LogP contribution in [0.5, 0.6) is 0 Å². The predicted molar refractivity (Wildman–Crippen MR) is 380 cm³/mol. The van der Waals surface area contributed by atoms with Crippen molar-refractivity contribution in [2.75, 3.05) is 9.80 Å². The molecule has 0 fully saturated rings. The fourth-order valence-electron chi connectivity index (χ4n) is 13.3. The average Bonchev–Trinajstić information content (AvgIpc) is 0.856. The minimum atomic E-state index is 1.14. The minimum absolute atomic E-state index is 1.14. The van der Waals surface area contributed by atoms with Crippen LogP contribution < -0.4 is 9.80 Å². The lowest BCUT2D eigenvalue weighted by atomic mass is 9.84. The molecule has 16 aromatic rings. The molecule has 0 amide bonds. The first kappa shape index (κ1) is 53.7. The molecule has 418 valence electrons. The maximum atomic E-state index is 2.41. The molecule has 0 aliphatic rings. The summed E-state index contributed by atoms with van der Waals surface area (Å²) in [6.07, 6.45) is 0. The normalized spacial score (nSPS) is 11.4. The van der Waals surface area contributed by atoms with Crippen LogP contribution in [0.3, 0.4) is 0 Å². The Hall–Kier alpha value is -11.1. The Kier molecular flexibility index (Phi) is 13.9. The van der Waals surface area contributed by atoms with Gasteiger partial charge in [0, 0.05) is 33.5 Å². The molecule has 0 aromatic heterocycles. The molecule has 0 saturated carbocycles. The number of fused-ring (bicyclic) bond motifs is 9. The van der Waals surface area contributed by atoms with Gasteiger partial charge >= 0.3 is 0 Å². The summed E-state index contributed by atoms with van der Waals surface area (Å²) in [4.78, 5) is 4.82. The zero-order valence-electron chi connectivity index (χ0n) is 49.9. The van der Waals surface area contributed by atoms with Gasteiger partial charge in [-0.2, -0.15) is 0 Å². The second kappa shape index (κ2) is 22.7. The summed E-state index contributed by atoms with van der Waals surface area (Å²) < 4.78 is 0. The standard InChI is InChI=1S/C46H38N2.C40H26/c1-31-13-21-35(22-14-31)47(36-23-15-32(2)16-24-36)45-29-43-40-10-6-8-12-42(40)46(30-44(43)39-9-5-7-11-41(39)45)48(37-25-17-33(3)18-26-37)38-27-19-34(4)20-28-38;1-2-12-31-26-32(25-22-27(31)10-1)28-20-23-30(24-21-28)39-35-15-5-7-17-37(35)40(38-18-8-6-16-36(38)39)34-19-9-13-29-11-3-4-14-33(29)34/h5-30H,1-4H3;1-26H. The van der Waals surface area contributed by atoms with Crippen LogP contribution in [0.25, 0.3) is 109 Å². The van der Waals surface area contributed by atoms with Crippen molar-refractivity contribution in [3.63, 3.8) is 0 Å². The number of nitrogens with zero attached hydrogens (tertiary/aromatic N) is 2. The lowest BCUT2D eigenvalue weighted by Gasteiger charge is -2.30. The van der Waals surface area contributed by atoms with Crippen molar-refractivity contribution in [3.8, 4) is 33.4 Å². The molecule has 0 bridgehead atoms. The third kappa shape index (κ3) is 9.85. The molecule has 0 saturated heterocycles. The van der Waals surface area contributed by atoms with E-state index in [-0.39, 0.29) is 0 Å². The maximum Gasteiger partial charge on any atom is 0.0546 e. The van der Waals surface area contributed by atoms with E-state index in [1.807, 2.05) is 0 Å². The summed E-state index contributed by atoms with van der Waals surface area (Å²) in [7, 11) is 0. The lowest BCUT2D eigenvalue weighted by molar-refractivity contribution is 1.28. The van der Waals surface area contributed by atoms with Crippen LogP contribution in [0, 0.1) is 27.7 Å². The third-order valence-electron chi connectivity index (χ3n) is 17.7. The number of hydrogen-bond donors (Lipinski definition) is 0. The molecule has 0 aliphatic heterocycles. The number of rotatable bonds is 9. The van der Waals surface area contributed by atoms with Crippen molar-refractivity contribution in [1.82, 2.24) is 0 Å². The van der Waals surface area contributed by atoms with Gasteiger partial charge in [-0.15, -0.1) is 0 Å². The van der Waals surface area contributed by atoms with Gasteiger partial charge in [-0.25, -0.2) is 0 Å². The molecule has 88 heavy (non-hydrogen) atoms. The highest BCUT2D eigenvalue weighted by atomic mass is 15.2. The van der Waals surface area contributed by atoms with Crippen LogP contribution in [0.2, 0.25) is 0 Å². The fourth-order valence-corrected chi connectivity index (χ4v) is 13.3. The molecule has 16 aromatic carbocycles. The van der Waals surface area contributed by atoms with Crippen LogP contribution in [-0.4, -0.2) is 0 Å². The van der Waals surface area contributed by atoms with E-state index in [2.05, 4.69) is 353 Å². The predicted octanol–water partition coefficient (Wildman–Crippen LogP) is 24.6. The quantitative estimate of drug-likeness (QED) is 0.105. The Bertz CT molecular complexity index is 4950. The second-order valence-corrected chi connectivity index (χ2v) is 23.5. The molecule has 0 aliphatic carbocycles. The molecule has 0 spiro atoms. The van der Waals surface area contributed by atoms with Crippen molar-refractivity contribution < 1.29 is 0 Å². The van der Waals surface area contributed by atoms with Crippen molar-refractivity contribution in [1.29, 1.82) is 0 Å². The Labute approximate surface area is 515 Å². The summed E-state index contributed by atoms with van der Waals surface area (Å²) >= 11 is 0. The highest BCUT2D eigenvalue weighted by Gasteiger charge is 2.23. The summed E-state index contributed by atoms with van der Waals surface area (Å²) in [5, 5.41) is 17.6. The van der Waals surface area contributed by atoms with E-state index in [0.717, 1.165) is 34.1 Å². The molecule has 0 atom stereocenters. The molecule has 2 heteroatoms. The second-order valence-electron chi connectivity index (χ2n) is 23.5. The maximum absolute atomic E-state index is 2.41. The average molecular weight is 1130 g/mol. The zero-order valence-corrected chi connectivity index (χ0v) is 49.9. The van der Waals surface area contributed by atoms with Crippen LogP contribution >= 0.6 is 0 Å². The van der Waals surface area contributed by atoms with Crippen LogP contribution in [0.1, 0.15) is 22.3 Å². The first-order chi connectivity index (χ1) is 43.3. The summed E-state index contributed by atoms with van der Waals surface area (Å²) in [6.45, 7) is 8.58. The SMILES string of the molecule is Cc1ccc(N(c2ccc(C)cc2)c2cc3c4ccccc4c(N(c4ccc(C)cc4)c4ccc(C)cc4)cc3c3ccccc23)cc1.c1ccc2cc(-c3ccc(-c4c5ccccc5c(-c5cccc6ccccc56)c5ccccc45)cc3)ccc2c1. The van der Waals surface area contributed by atoms with E-state index < -0.39 is 0 Å². The van der Waals surface area contributed by atoms with Gasteiger partial charge in [0.1, 0.15) is 0 Å². The van der Waals surface area contributed by atoms with Gasteiger partial charge < -0.3 is 9.80 Å². The monoisotopic (exact) mass is 1120 g/mol. The van der Waals surface area contributed by atoms with Gasteiger partial charge in [-0.1, -0.05) is 271 Å². The van der Waals surface area contributed by atoms with E-state index in [1.165, 1.54) is 131 Å². The molecule has 0 radical (unpaired) electrons. The zero-order chi connectivity index (χ0) is 59.2. The van der Waals surface area contributed by atoms with E-state index in [0.29, 0.717) is 0 Å². The van der Waals surface area contributed by atoms with E-state index in [9.17, 15) is 0 Å². The van der Waals surface area contributed by atoms with Crippen molar-refractivity contribution in [3.05, 3.63) is 338 Å². The first-order valence-corrected chi connectivity index (χ1v) is 30.5. The van der Waals surface area contributed by atoms with Gasteiger partial charge in [-0.05, 0) is 192 Å². The van der Waals surface area contributed by atoms with E-state index in [1.54, 1.807) is 0 Å². The highest BCUT2D eigenvalue weighted by molar-refractivity contribution is 6.26. The van der Waals surface area contributed by atoms with Crippen LogP contribution in [0.4, 0.5) is 34.1 Å². The number of benzene rings is 16. The van der Waals surface area contributed by atoms with Gasteiger partial charge in [0.2, 0.25) is 0 Å². The van der Waals surface area contributed by atoms with Crippen molar-refractivity contribution in [2.24, 2.45) is 0 Å². The van der Waals surface area contributed by atoms with Gasteiger partial charge in [0.25, 0.3) is 0 Å². The number of hydrogen-bond acceptors (Lipinski definition) is 2. The largest absolute Gasteiger partial charge is 0.310 e. The van der Waals surface area contributed by atoms with Gasteiger partial charge in [0.05, 0.1) is 11.4 Å². The fraction of sp³-hybridized carbons (Fsp3) is 0.0465.